The Morgan fingerprint density at radius 2 is 1.90 bits per heavy atom. The number of likely N-dealkylation sites (tertiary alicyclic amines) is 1. The summed E-state index contributed by atoms with van der Waals surface area (Å²) in [6.07, 6.45) is 2.15. The number of aromatic nitrogens is 4. The highest BCUT2D eigenvalue weighted by molar-refractivity contribution is 7.14. The normalized spacial score (nSPS) is 15.1. The first-order chi connectivity index (χ1) is 9.58. The topological polar surface area (TPSA) is 63.9 Å². The minimum absolute atomic E-state index is 0.0174. The van der Waals surface area contributed by atoms with E-state index in [-0.39, 0.29) is 5.91 Å². The van der Waals surface area contributed by atoms with Crippen molar-refractivity contribution in [2.24, 2.45) is 0 Å². The van der Waals surface area contributed by atoms with Crippen molar-refractivity contribution in [3.63, 3.8) is 0 Å². The average Bonchev–Trinajstić information content (AvgIpc) is 3.11. The van der Waals surface area contributed by atoms with Crippen molar-refractivity contribution in [2.75, 3.05) is 13.1 Å². The van der Waals surface area contributed by atoms with E-state index in [0.717, 1.165) is 47.3 Å². The van der Waals surface area contributed by atoms with Crippen LogP contribution in [0, 0.1) is 20.8 Å². The summed E-state index contributed by atoms with van der Waals surface area (Å²) in [7, 11) is 0. The van der Waals surface area contributed by atoms with Crippen molar-refractivity contribution in [1.82, 2.24) is 24.9 Å². The first-order valence-corrected chi connectivity index (χ1v) is 7.55. The molecule has 6 nitrogen and oxygen atoms in total. The van der Waals surface area contributed by atoms with Gasteiger partial charge < -0.3 is 4.90 Å². The molecule has 0 saturated carbocycles. The Bertz CT molecular complexity index is 634. The van der Waals surface area contributed by atoms with Crippen LogP contribution in [0.25, 0.3) is 5.13 Å². The van der Waals surface area contributed by atoms with Gasteiger partial charge in [-0.05, 0) is 33.6 Å². The molecule has 106 valence electrons. The molecule has 0 aliphatic carbocycles. The van der Waals surface area contributed by atoms with Gasteiger partial charge in [0.2, 0.25) is 5.13 Å². The molecule has 0 unspecified atom stereocenters. The van der Waals surface area contributed by atoms with Crippen LogP contribution in [0.1, 0.15) is 39.6 Å². The van der Waals surface area contributed by atoms with Crippen LogP contribution >= 0.6 is 11.3 Å². The second kappa shape index (κ2) is 4.97. The number of hydrogen-bond donors (Lipinski definition) is 0. The molecule has 20 heavy (non-hydrogen) atoms. The van der Waals surface area contributed by atoms with E-state index in [1.165, 1.54) is 0 Å². The van der Waals surface area contributed by atoms with E-state index in [9.17, 15) is 4.79 Å². The van der Waals surface area contributed by atoms with Gasteiger partial charge in [0, 0.05) is 18.0 Å². The Morgan fingerprint density at radius 1 is 1.20 bits per heavy atom. The summed E-state index contributed by atoms with van der Waals surface area (Å²) in [5, 5.41) is 8.93. The summed E-state index contributed by atoms with van der Waals surface area (Å²) in [4.78, 5) is 19.8. The third-order valence-electron chi connectivity index (χ3n) is 3.69. The third kappa shape index (κ3) is 2.11. The van der Waals surface area contributed by atoms with E-state index < -0.39 is 0 Å². The molecule has 1 aliphatic heterocycles. The highest BCUT2D eigenvalue weighted by atomic mass is 32.1. The molecule has 0 radical (unpaired) electrons. The number of thiazole rings is 1. The summed E-state index contributed by atoms with van der Waals surface area (Å²) < 4.78 is 1.66. The van der Waals surface area contributed by atoms with Gasteiger partial charge >= 0.3 is 0 Å². The second-order valence-electron chi connectivity index (χ2n) is 5.07. The number of amides is 1. The number of nitrogens with zero attached hydrogens (tertiary/aromatic N) is 5. The van der Waals surface area contributed by atoms with E-state index in [4.69, 9.17) is 0 Å². The third-order valence-corrected chi connectivity index (χ3v) is 4.74. The van der Waals surface area contributed by atoms with Crippen LogP contribution in [0.5, 0.6) is 0 Å². The predicted molar refractivity (Wildman–Crippen MR) is 76.4 cm³/mol. The number of carbonyl (C=O) groups is 1. The molecule has 1 saturated heterocycles. The monoisotopic (exact) mass is 291 g/mol. The quantitative estimate of drug-likeness (QED) is 0.847. The van der Waals surface area contributed by atoms with Crippen molar-refractivity contribution in [1.29, 1.82) is 0 Å². The molecule has 1 aliphatic rings. The van der Waals surface area contributed by atoms with Crippen molar-refractivity contribution >= 4 is 17.2 Å². The van der Waals surface area contributed by atoms with Gasteiger partial charge in [-0.15, -0.1) is 5.10 Å². The van der Waals surface area contributed by atoms with Crippen LogP contribution in [-0.2, 0) is 0 Å². The van der Waals surface area contributed by atoms with E-state index in [0.29, 0.717) is 5.69 Å². The Labute approximate surface area is 121 Å². The fourth-order valence-corrected chi connectivity index (χ4v) is 3.23. The molecular formula is C13H17N5OS. The standard InChI is InChI=1S/C13H17N5OS/c1-8-10(3)20-13(14-8)18-9(2)11(15-16-18)12(19)17-6-4-5-7-17/h4-7H2,1-3H3. The molecule has 0 atom stereocenters. The fraction of sp³-hybridized carbons (Fsp3) is 0.538. The molecule has 0 aromatic carbocycles. The van der Waals surface area contributed by atoms with Crippen molar-refractivity contribution < 1.29 is 4.79 Å². The maximum absolute atomic E-state index is 12.4. The summed E-state index contributed by atoms with van der Waals surface area (Å²) in [6.45, 7) is 7.51. The first-order valence-electron chi connectivity index (χ1n) is 6.74. The molecule has 1 amide bonds. The maximum atomic E-state index is 12.4. The number of carbonyl (C=O) groups excluding carboxylic acids is 1. The Balaban J connectivity index is 1.94. The van der Waals surface area contributed by atoms with E-state index in [1.807, 2.05) is 25.7 Å². The zero-order chi connectivity index (χ0) is 14.3. The summed E-state index contributed by atoms with van der Waals surface area (Å²) in [5.74, 6) is -0.0174. The van der Waals surface area contributed by atoms with Gasteiger partial charge in [0.15, 0.2) is 5.69 Å². The van der Waals surface area contributed by atoms with Gasteiger partial charge in [-0.2, -0.15) is 4.68 Å². The van der Waals surface area contributed by atoms with Gasteiger partial charge in [-0.3, -0.25) is 4.79 Å². The zero-order valence-electron chi connectivity index (χ0n) is 11.9. The highest BCUT2D eigenvalue weighted by Gasteiger charge is 2.25. The number of hydrogen-bond acceptors (Lipinski definition) is 5. The lowest BCUT2D eigenvalue weighted by Crippen LogP contribution is -2.28. The predicted octanol–water partition coefficient (Wildman–Crippen LogP) is 1.89. The Hall–Kier alpha value is -1.76. The van der Waals surface area contributed by atoms with Crippen LogP contribution in [0.2, 0.25) is 0 Å². The zero-order valence-corrected chi connectivity index (χ0v) is 12.7. The maximum Gasteiger partial charge on any atom is 0.276 e. The van der Waals surface area contributed by atoms with Gasteiger partial charge in [-0.1, -0.05) is 16.6 Å². The molecule has 0 N–H and O–H groups in total. The molecule has 2 aromatic rings. The van der Waals surface area contributed by atoms with Crippen LogP contribution in [0.3, 0.4) is 0 Å². The van der Waals surface area contributed by atoms with Gasteiger partial charge in [0.05, 0.1) is 11.4 Å². The highest BCUT2D eigenvalue weighted by Crippen LogP contribution is 2.22. The SMILES string of the molecule is Cc1nc(-n2nnc(C(=O)N3CCCC3)c2C)sc1C. The minimum atomic E-state index is -0.0174. The average molecular weight is 291 g/mol. The summed E-state index contributed by atoms with van der Waals surface area (Å²) >= 11 is 1.56. The molecule has 7 heteroatoms. The van der Waals surface area contributed by atoms with Gasteiger partial charge in [0.25, 0.3) is 5.91 Å². The van der Waals surface area contributed by atoms with E-state index >= 15 is 0 Å². The summed E-state index contributed by atoms with van der Waals surface area (Å²) in [5.41, 5.74) is 2.19. The molecule has 3 rings (SSSR count). The number of rotatable bonds is 2. The lowest BCUT2D eigenvalue weighted by atomic mass is 10.3. The van der Waals surface area contributed by atoms with Crippen LogP contribution in [-0.4, -0.2) is 43.9 Å². The molecule has 0 spiro atoms. The lowest BCUT2D eigenvalue weighted by molar-refractivity contribution is 0.0786. The van der Waals surface area contributed by atoms with Crippen molar-refractivity contribution in [3.05, 3.63) is 22.0 Å². The van der Waals surface area contributed by atoms with E-state index in [2.05, 4.69) is 15.3 Å². The lowest BCUT2D eigenvalue weighted by Gasteiger charge is -2.13. The molecule has 1 fully saturated rings. The Morgan fingerprint density at radius 3 is 2.50 bits per heavy atom. The van der Waals surface area contributed by atoms with Crippen LogP contribution in [0.15, 0.2) is 0 Å². The second-order valence-corrected chi connectivity index (χ2v) is 6.25. The number of aryl methyl sites for hydroxylation is 2. The first kappa shape index (κ1) is 13.2. The van der Waals surface area contributed by atoms with Crippen LogP contribution in [0.4, 0.5) is 0 Å². The molecular weight excluding hydrogens is 274 g/mol. The smallest absolute Gasteiger partial charge is 0.276 e. The van der Waals surface area contributed by atoms with Crippen LogP contribution < -0.4 is 0 Å². The largest absolute Gasteiger partial charge is 0.337 e. The Kier molecular flexibility index (Phi) is 3.29. The molecule has 2 aromatic heterocycles. The van der Waals surface area contributed by atoms with Crippen molar-refractivity contribution in [2.45, 2.75) is 33.6 Å². The van der Waals surface area contributed by atoms with Crippen molar-refractivity contribution in [3.8, 4) is 5.13 Å². The molecule has 3 heterocycles. The fourth-order valence-electron chi connectivity index (χ4n) is 2.32. The van der Waals surface area contributed by atoms with Gasteiger partial charge in [0.1, 0.15) is 0 Å². The minimum Gasteiger partial charge on any atom is -0.337 e. The molecule has 0 bridgehead atoms. The summed E-state index contributed by atoms with van der Waals surface area (Å²) in [6, 6.07) is 0. The van der Waals surface area contributed by atoms with E-state index in [1.54, 1.807) is 16.0 Å². The van der Waals surface area contributed by atoms with Gasteiger partial charge in [-0.25, -0.2) is 4.98 Å².